The molecule has 112 heavy (non-hydrogen) atoms. The predicted octanol–water partition coefficient (Wildman–Crippen LogP) is 21.1. The van der Waals surface area contributed by atoms with Crippen LogP contribution in [0.15, 0.2) is 316 Å². The Morgan fingerprint density at radius 3 is 0.741 bits per heavy atom. The van der Waals surface area contributed by atoms with Crippen LogP contribution in [0, 0.1) is 68.0 Å². The maximum atomic E-state index is 10.6. The lowest BCUT2D eigenvalue weighted by Crippen LogP contribution is -2.28. The number of hydrogen-bond donors (Lipinski definition) is 4. The number of anilines is 6. The highest BCUT2D eigenvalue weighted by molar-refractivity contribution is 6.14. The molecule has 20 aromatic rings. The van der Waals surface area contributed by atoms with Gasteiger partial charge < -0.3 is 0 Å². The molecule has 0 saturated carbocycles. The lowest BCUT2D eigenvalue weighted by atomic mass is 9.96. The summed E-state index contributed by atoms with van der Waals surface area (Å²) in [6.45, 7) is 0. The van der Waals surface area contributed by atoms with Gasteiger partial charge >= 0.3 is 0 Å². The van der Waals surface area contributed by atoms with Crippen LogP contribution in [-0.4, -0.2) is 42.2 Å². The van der Waals surface area contributed by atoms with Gasteiger partial charge in [-0.25, -0.2) is 0 Å². The van der Waals surface area contributed by atoms with Gasteiger partial charge in [-0.3, -0.25) is 59.8 Å². The van der Waals surface area contributed by atoms with Gasteiger partial charge in [0, 0.05) is 114 Å². The number of aromatic nitrogens is 6. The molecule has 0 aliphatic carbocycles. The Bertz CT molecular complexity index is 6950. The van der Waals surface area contributed by atoms with E-state index in [0.717, 1.165) is 120 Å². The Labute approximate surface area is 641 Å². The lowest BCUT2D eigenvalue weighted by molar-refractivity contribution is 0.803. The van der Waals surface area contributed by atoms with Crippen LogP contribution in [0.2, 0.25) is 0 Å². The molecule has 0 amide bonds. The summed E-state index contributed by atoms with van der Waals surface area (Å²) in [7, 11) is 3.86. The Morgan fingerprint density at radius 2 is 0.446 bits per heavy atom. The number of nitrogens with one attached hydrogen (secondary N) is 4. The minimum absolute atomic E-state index is 0.279. The molecule has 6 aromatic heterocycles. The monoisotopic (exact) mass is 1440 g/mol. The minimum Gasteiger partial charge on any atom is -0.292 e. The minimum atomic E-state index is 0.279. The van der Waals surface area contributed by atoms with Crippen molar-refractivity contribution in [3.05, 3.63) is 349 Å². The molecule has 0 unspecified atom stereocenters. The van der Waals surface area contributed by atoms with Crippen LogP contribution in [0.3, 0.4) is 0 Å². The first-order chi connectivity index (χ1) is 55.2. The first-order valence-electron chi connectivity index (χ1n) is 36.1. The predicted molar refractivity (Wildman–Crippen MR) is 450 cm³/mol. The van der Waals surface area contributed by atoms with E-state index in [0.29, 0.717) is 45.3 Å². The number of hydrogen-bond acceptors (Lipinski definition) is 12. The average molecular weight is 1440 g/mol. The van der Waals surface area contributed by atoms with Gasteiger partial charge in [0.15, 0.2) is 0 Å². The van der Waals surface area contributed by atoms with Crippen LogP contribution < -0.4 is 31.7 Å². The molecule has 14 aromatic carbocycles. The summed E-state index contributed by atoms with van der Waals surface area (Å²) in [4.78, 5) is 0. The van der Waals surface area contributed by atoms with Gasteiger partial charge in [-0.15, -0.1) is 0 Å². The highest BCUT2D eigenvalue weighted by atomic mass is 15.5. The summed E-state index contributed by atoms with van der Waals surface area (Å²) in [5.74, 6) is 0. The van der Waals surface area contributed by atoms with E-state index in [9.17, 15) is 31.6 Å². The van der Waals surface area contributed by atoms with Gasteiger partial charge in [-0.05, 0) is 72.8 Å². The van der Waals surface area contributed by atoms with Crippen LogP contribution in [-0.2, 0) is 0 Å². The normalized spacial score (nSPS) is 11.1. The smallest absolute Gasteiger partial charge is 0.103 e. The fraction of sp³-hybridized carbons (Fsp3) is 0.0213. The molecule has 528 valence electrons. The van der Waals surface area contributed by atoms with Gasteiger partial charge in [0.1, 0.15) is 36.4 Å². The zero-order valence-corrected chi connectivity index (χ0v) is 60.3. The van der Waals surface area contributed by atoms with Crippen molar-refractivity contribution < 1.29 is 0 Å². The number of benzene rings is 14. The standard InChI is InChI=1S/C36H22N6.C30H22N6.C28H18N6/c37-21-29-30(22-38)36(40-42-33-19-9-5-13-25(33)26-14-6-10-20-34(26)42)28-16-2-1-15-27(28)35(29)39-41-31-17-7-3-11-23(31)24-12-4-8-18-32(24)41;1-33(35-17-15-21-9-3-7-13-27(21)35)29-23-11-5-6-12-24(23)30(26(20-32)25(29)19-31)34(2)36-18-16-22-10-4-8-14-28(22)36;29-17-23-24(18-30)28(32-34-16-14-20-8-2-6-12-26(20)34)22-10-4-3-9-21(22)27(23)31-33-15-13-19-7-1-5-11-25(19)33/h1-20,39-40H;3-18H,1-2H3;1-16,31-32H. The molecule has 4 N–H and O–H groups in total. The Balaban J connectivity index is 0.000000118. The molecular formula is C94H62N18. The number of rotatable bonds is 12. The summed E-state index contributed by atoms with van der Waals surface area (Å²) in [6, 6.07) is 111. The van der Waals surface area contributed by atoms with Crippen LogP contribution >= 0.6 is 0 Å². The summed E-state index contributed by atoms with van der Waals surface area (Å²) in [5, 5.41) is 80.1. The van der Waals surface area contributed by atoms with Crippen molar-refractivity contribution >= 4 is 154 Å². The second-order valence-electron chi connectivity index (χ2n) is 26.9. The Hall–Kier alpha value is -16.6. The van der Waals surface area contributed by atoms with Gasteiger partial charge in [-0.2, -0.15) is 31.6 Å². The van der Waals surface area contributed by atoms with Crippen LogP contribution in [0.1, 0.15) is 33.4 Å². The summed E-state index contributed by atoms with van der Waals surface area (Å²) in [5.41, 5.74) is 27.4. The zero-order valence-electron chi connectivity index (χ0n) is 60.3. The van der Waals surface area contributed by atoms with Gasteiger partial charge in [0.05, 0.1) is 112 Å². The van der Waals surface area contributed by atoms with Crippen molar-refractivity contribution in [1.29, 1.82) is 31.6 Å². The van der Waals surface area contributed by atoms with Crippen molar-refractivity contribution in [3.8, 4) is 36.4 Å². The molecule has 0 bridgehead atoms. The van der Waals surface area contributed by atoms with Crippen LogP contribution in [0.25, 0.3) is 120 Å². The molecule has 0 fully saturated rings. The third-order valence-electron chi connectivity index (χ3n) is 21.0. The van der Waals surface area contributed by atoms with Crippen molar-refractivity contribution in [2.75, 3.05) is 45.8 Å². The maximum Gasteiger partial charge on any atom is 0.103 e. The highest BCUT2D eigenvalue weighted by Crippen LogP contribution is 2.45. The molecule has 18 nitrogen and oxygen atoms in total. The second-order valence-corrected chi connectivity index (χ2v) is 26.9. The Kier molecular flexibility index (Phi) is 16.8. The van der Waals surface area contributed by atoms with Crippen LogP contribution in [0.5, 0.6) is 0 Å². The topological polar surface area (TPSA) is 227 Å². The summed E-state index contributed by atoms with van der Waals surface area (Å²) >= 11 is 0. The van der Waals surface area contributed by atoms with Crippen molar-refractivity contribution in [2.45, 2.75) is 0 Å². The van der Waals surface area contributed by atoms with E-state index >= 15 is 0 Å². The molecule has 20 rings (SSSR count). The first-order valence-corrected chi connectivity index (χ1v) is 36.1. The second kappa shape index (κ2) is 28.0. The number of para-hydroxylation sites is 8. The van der Waals surface area contributed by atoms with Crippen LogP contribution in [0.4, 0.5) is 34.1 Å². The fourth-order valence-corrected chi connectivity index (χ4v) is 15.9. The molecule has 0 radical (unpaired) electrons. The molecule has 6 heterocycles. The van der Waals surface area contributed by atoms with Crippen molar-refractivity contribution in [2.24, 2.45) is 0 Å². The fourth-order valence-electron chi connectivity index (χ4n) is 15.9. The zero-order chi connectivity index (χ0) is 76.1. The molecular weight excluding hydrogens is 1380 g/mol. The number of nitrogens with zero attached hydrogens (tertiary/aromatic N) is 14. The molecule has 0 aliphatic rings. The molecule has 0 spiro atoms. The molecule has 0 saturated heterocycles. The quantitative estimate of drug-likeness (QED) is 0.0896. The third-order valence-corrected chi connectivity index (χ3v) is 21.0. The van der Waals surface area contributed by atoms with E-state index in [-0.39, 0.29) is 22.3 Å². The molecule has 0 aliphatic heterocycles. The van der Waals surface area contributed by atoms with E-state index in [2.05, 4.69) is 119 Å². The van der Waals surface area contributed by atoms with E-state index in [4.69, 9.17) is 0 Å². The highest BCUT2D eigenvalue weighted by Gasteiger charge is 2.28. The number of nitriles is 6. The summed E-state index contributed by atoms with van der Waals surface area (Å²) < 4.78 is 11.8. The summed E-state index contributed by atoms with van der Waals surface area (Å²) in [6.07, 6.45) is 7.81. The van der Waals surface area contributed by atoms with E-state index in [1.807, 2.05) is 307 Å². The first kappa shape index (κ1) is 67.3. The van der Waals surface area contributed by atoms with E-state index in [1.165, 1.54) is 0 Å². The SMILES string of the molecule is CN(c1c(C#N)c(C#N)c(N(C)n2ccc3ccccc32)c2ccccc12)n1ccc2ccccc21.N#Cc1c(C#N)c(Nn2c3ccccc3c3ccccc32)c2ccccc2c1Nn1c2ccccc2c2ccccc21.N#Cc1c(C#N)c(Nn2ccc3ccccc32)c2ccccc2c1Nn1ccc2ccccc21. The van der Waals surface area contributed by atoms with Crippen molar-refractivity contribution in [3.63, 3.8) is 0 Å². The third kappa shape index (κ3) is 11.1. The maximum absolute atomic E-state index is 10.6. The average Bonchev–Trinajstić information content (AvgIpc) is 1.12. The molecule has 0 atom stereocenters. The number of fused-ring (bicyclic) bond motifs is 13. The van der Waals surface area contributed by atoms with Gasteiger partial charge in [0.25, 0.3) is 0 Å². The van der Waals surface area contributed by atoms with Gasteiger partial charge in [-0.1, -0.05) is 218 Å². The van der Waals surface area contributed by atoms with Gasteiger partial charge in [0.2, 0.25) is 0 Å². The van der Waals surface area contributed by atoms with E-state index in [1.54, 1.807) is 0 Å². The van der Waals surface area contributed by atoms with Crippen molar-refractivity contribution in [1.82, 2.24) is 28.1 Å². The lowest BCUT2D eigenvalue weighted by Gasteiger charge is -2.30. The molecule has 18 heteroatoms. The Morgan fingerprint density at radius 1 is 0.223 bits per heavy atom. The largest absolute Gasteiger partial charge is 0.292 e. The van der Waals surface area contributed by atoms with E-state index < -0.39 is 0 Å².